The highest BCUT2D eigenvalue weighted by molar-refractivity contribution is 5.71. The van der Waals surface area contributed by atoms with E-state index in [2.05, 4.69) is 0 Å². The van der Waals surface area contributed by atoms with E-state index in [0.717, 1.165) is 6.42 Å². The Morgan fingerprint density at radius 2 is 2.31 bits per heavy atom. The number of epoxide rings is 2. The van der Waals surface area contributed by atoms with Crippen molar-refractivity contribution in [1.29, 1.82) is 0 Å². The first kappa shape index (κ1) is 8.97. The van der Waals surface area contributed by atoms with Gasteiger partial charge in [-0.3, -0.25) is 4.79 Å². The summed E-state index contributed by atoms with van der Waals surface area (Å²) in [5, 5.41) is 8.88. The summed E-state index contributed by atoms with van der Waals surface area (Å²) in [6.45, 7) is 2.65. The Hall–Kier alpha value is -0.610. The molecule has 74 valence electrons. The van der Waals surface area contributed by atoms with Crippen molar-refractivity contribution in [3.05, 3.63) is 0 Å². The molecule has 0 aromatic rings. The van der Waals surface area contributed by atoms with Gasteiger partial charge >= 0.3 is 5.97 Å². The zero-order chi connectivity index (χ0) is 9.42. The molecule has 0 saturated carbocycles. The zero-order valence-electron chi connectivity index (χ0n) is 7.60. The van der Waals surface area contributed by atoms with Crippen LogP contribution in [0.4, 0.5) is 0 Å². The summed E-state index contributed by atoms with van der Waals surface area (Å²) in [5.74, 6) is -1.12. The molecule has 4 nitrogen and oxygen atoms in total. The summed E-state index contributed by atoms with van der Waals surface area (Å²) in [7, 11) is 0. The van der Waals surface area contributed by atoms with Crippen LogP contribution in [0.2, 0.25) is 0 Å². The van der Waals surface area contributed by atoms with Gasteiger partial charge in [0.15, 0.2) is 0 Å². The predicted octanol–water partition coefficient (Wildman–Crippen LogP) is 0.653. The van der Waals surface area contributed by atoms with Crippen LogP contribution in [0.15, 0.2) is 0 Å². The van der Waals surface area contributed by atoms with Gasteiger partial charge in [-0.15, -0.1) is 0 Å². The van der Waals surface area contributed by atoms with Gasteiger partial charge in [0.05, 0.1) is 30.8 Å². The molecule has 2 aliphatic rings. The Balaban J connectivity index is 1.80. The predicted molar refractivity (Wildman–Crippen MR) is 44.4 cm³/mol. The topological polar surface area (TPSA) is 62.4 Å². The van der Waals surface area contributed by atoms with Gasteiger partial charge < -0.3 is 14.6 Å². The van der Waals surface area contributed by atoms with Gasteiger partial charge in [-0.1, -0.05) is 6.92 Å². The SMILES string of the molecule is CCC1OC1CC(C(=O)O)C1CO1. The Morgan fingerprint density at radius 1 is 1.62 bits per heavy atom. The molecule has 2 saturated heterocycles. The number of ether oxygens (including phenoxy) is 2. The molecule has 0 aliphatic carbocycles. The van der Waals surface area contributed by atoms with Crippen LogP contribution in [0, 0.1) is 5.92 Å². The summed E-state index contributed by atoms with van der Waals surface area (Å²) in [4.78, 5) is 10.8. The van der Waals surface area contributed by atoms with Gasteiger partial charge in [0.2, 0.25) is 0 Å². The summed E-state index contributed by atoms with van der Waals surface area (Å²) < 4.78 is 10.3. The summed E-state index contributed by atoms with van der Waals surface area (Å²) >= 11 is 0. The molecule has 0 aromatic carbocycles. The van der Waals surface area contributed by atoms with Gasteiger partial charge in [0, 0.05) is 0 Å². The monoisotopic (exact) mass is 186 g/mol. The standard InChI is InChI=1S/C9H14O4/c1-2-6-7(13-6)3-5(9(10)11)8-4-12-8/h5-8H,2-4H2,1H3,(H,10,11). The fourth-order valence-electron chi connectivity index (χ4n) is 1.70. The van der Waals surface area contributed by atoms with E-state index in [-0.39, 0.29) is 18.1 Å². The molecule has 4 heteroatoms. The highest BCUT2D eigenvalue weighted by atomic mass is 16.6. The van der Waals surface area contributed by atoms with E-state index in [1.807, 2.05) is 6.92 Å². The van der Waals surface area contributed by atoms with Gasteiger partial charge in [-0.2, -0.15) is 0 Å². The smallest absolute Gasteiger partial charge is 0.309 e. The molecule has 4 unspecified atom stereocenters. The van der Waals surface area contributed by atoms with E-state index in [1.165, 1.54) is 0 Å². The molecule has 0 aromatic heterocycles. The van der Waals surface area contributed by atoms with E-state index in [9.17, 15) is 4.79 Å². The Kier molecular flexibility index (Phi) is 2.26. The third-order valence-electron chi connectivity index (χ3n) is 2.70. The molecule has 0 radical (unpaired) electrons. The molecular formula is C9H14O4. The van der Waals surface area contributed by atoms with Crippen molar-refractivity contribution in [3.63, 3.8) is 0 Å². The van der Waals surface area contributed by atoms with Gasteiger partial charge in [0.25, 0.3) is 0 Å². The summed E-state index contributed by atoms with van der Waals surface area (Å²) in [6.07, 6.45) is 1.98. The third kappa shape index (κ3) is 2.00. The van der Waals surface area contributed by atoms with Crippen molar-refractivity contribution in [2.45, 2.75) is 38.1 Å². The number of hydrogen-bond donors (Lipinski definition) is 1. The first-order valence-electron chi connectivity index (χ1n) is 4.72. The average molecular weight is 186 g/mol. The van der Waals surface area contributed by atoms with Crippen LogP contribution in [-0.4, -0.2) is 36.0 Å². The lowest BCUT2D eigenvalue weighted by Crippen LogP contribution is -2.22. The Bertz CT molecular complexity index is 212. The minimum absolute atomic E-state index is 0.0563. The van der Waals surface area contributed by atoms with Crippen LogP contribution in [0.25, 0.3) is 0 Å². The molecule has 4 atom stereocenters. The Morgan fingerprint density at radius 3 is 2.69 bits per heavy atom. The lowest BCUT2D eigenvalue weighted by Gasteiger charge is -2.05. The molecule has 2 fully saturated rings. The van der Waals surface area contributed by atoms with Crippen LogP contribution in [-0.2, 0) is 14.3 Å². The fourth-order valence-corrected chi connectivity index (χ4v) is 1.70. The first-order chi connectivity index (χ1) is 6.22. The zero-order valence-corrected chi connectivity index (χ0v) is 7.60. The van der Waals surface area contributed by atoms with Crippen LogP contribution in [0.1, 0.15) is 19.8 Å². The van der Waals surface area contributed by atoms with E-state index in [4.69, 9.17) is 14.6 Å². The van der Waals surface area contributed by atoms with Crippen LogP contribution in [0.3, 0.4) is 0 Å². The molecule has 2 rings (SSSR count). The fraction of sp³-hybridized carbons (Fsp3) is 0.889. The largest absolute Gasteiger partial charge is 0.481 e. The van der Waals surface area contributed by atoms with Crippen molar-refractivity contribution in [2.24, 2.45) is 5.92 Å². The molecule has 2 heterocycles. The van der Waals surface area contributed by atoms with E-state index in [0.29, 0.717) is 19.1 Å². The summed E-state index contributed by atoms with van der Waals surface area (Å²) in [5.41, 5.74) is 0. The van der Waals surface area contributed by atoms with Crippen LogP contribution < -0.4 is 0 Å². The van der Waals surface area contributed by atoms with Gasteiger partial charge in [-0.05, 0) is 12.8 Å². The lowest BCUT2D eigenvalue weighted by molar-refractivity contribution is -0.142. The first-order valence-corrected chi connectivity index (χ1v) is 4.72. The lowest BCUT2D eigenvalue weighted by atomic mass is 9.98. The third-order valence-corrected chi connectivity index (χ3v) is 2.70. The summed E-state index contributed by atoms with van der Waals surface area (Å²) in [6, 6.07) is 0. The van der Waals surface area contributed by atoms with Crippen LogP contribution in [0.5, 0.6) is 0 Å². The molecule has 0 spiro atoms. The maximum Gasteiger partial charge on any atom is 0.309 e. The van der Waals surface area contributed by atoms with E-state index < -0.39 is 5.97 Å². The average Bonchev–Trinajstić information content (AvgIpc) is 2.95. The molecular weight excluding hydrogens is 172 g/mol. The molecule has 0 amide bonds. The van der Waals surface area contributed by atoms with Gasteiger partial charge in [0.1, 0.15) is 0 Å². The second-order valence-electron chi connectivity index (χ2n) is 3.67. The normalized spacial score (nSPS) is 38.4. The van der Waals surface area contributed by atoms with Crippen molar-refractivity contribution < 1.29 is 19.4 Å². The van der Waals surface area contributed by atoms with Crippen molar-refractivity contribution in [3.8, 4) is 0 Å². The van der Waals surface area contributed by atoms with Crippen LogP contribution >= 0.6 is 0 Å². The second kappa shape index (κ2) is 3.27. The number of aliphatic carboxylic acids is 1. The van der Waals surface area contributed by atoms with Crippen molar-refractivity contribution in [1.82, 2.24) is 0 Å². The van der Waals surface area contributed by atoms with Gasteiger partial charge in [-0.25, -0.2) is 0 Å². The molecule has 2 aliphatic heterocycles. The molecule has 1 N–H and O–H groups in total. The van der Waals surface area contributed by atoms with E-state index >= 15 is 0 Å². The molecule has 0 bridgehead atoms. The number of hydrogen-bond acceptors (Lipinski definition) is 3. The Labute approximate surface area is 76.8 Å². The highest BCUT2D eigenvalue weighted by Gasteiger charge is 2.46. The van der Waals surface area contributed by atoms with Crippen molar-refractivity contribution in [2.75, 3.05) is 6.61 Å². The maximum atomic E-state index is 10.8. The minimum Gasteiger partial charge on any atom is -0.481 e. The number of carbonyl (C=O) groups is 1. The number of carboxylic acids is 1. The minimum atomic E-state index is -0.757. The number of rotatable bonds is 5. The number of carboxylic acid groups (broad SMARTS) is 1. The van der Waals surface area contributed by atoms with Crippen molar-refractivity contribution >= 4 is 5.97 Å². The van der Waals surface area contributed by atoms with E-state index in [1.54, 1.807) is 0 Å². The second-order valence-corrected chi connectivity index (χ2v) is 3.67. The maximum absolute atomic E-state index is 10.8. The quantitative estimate of drug-likeness (QED) is 0.640. The highest BCUT2D eigenvalue weighted by Crippen LogP contribution is 2.34. The molecule has 13 heavy (non-hydrogen) atoms.